The van der Waals surface area contributed by atoms with Gasteiger partial charge in [-0.1, -0.05) is 26.7 Å². The molecule has 2 fully saturated rings. The summed E-state index contributed by atoms with van der Waals surface area (Å²) in [6.07, 6.45) is 5.83. The lowest BCUT2D eigenvalue weighted by Crippen LogP contribution is -2.40. The van der Waals surface area contributed by atoms with Gasteiger partial charge in [0.05, 0.1) is 0 Å². The summed E-state index contributed by atoms with van der Waals surface area (Å²) in [4.78, 5) is 12.1. The SMILES string of the molecule is CC1(C)CC1CNC(=O)C1CCCCC1CN. The molecule has 0 aromatic heterocycles. The predicted octanol–water partition coefficient (Wildman–Crippen LogP) is 1.91. The van der Waals surface area contributed by atoms with Gasteiger partial charge in [-0.05, 0) is 43.1 Å². The molecule has 3 heteroatoms. The van der Waals surface area contributed by atoms with Crippen molar-refractivity contribution < 1.29 is 4.79 Å². The summed E-state index contributed by atoms with van der Waals surface area (Å²) in [7, 11) is 0. The predicted molar refractivity (Wildman–Crippen MR) is 69.4 cm³/mol. The maximum atomic E-state index is 12.1. The number of amides is 1. The fourth-order valence-electron chi connectivity index (χ4n) is 3.11. The van der Waals surface area contributed by atoms with E-state index in [9.17, 15) is 4.79 Å². The average Bonchev–Trinajstić information content (AvgIpc) is 2.94. The second kappa shape index (κ2) is 4.97. The fourth-order valence-corrected chi connectivity index (χ4v) is 3.11. The molecule has 0 heterocycles. The number of nitrogens with two attached hydrogens (primary N) is 1. The van der Waals surface area contributed by atoms with Crippen molar-refractivity contribution in [3.05, 3.63) is 0 Å². The summed E-state index contributed by atoms with van der Waals surface area (Å²) in [6.45, 7) is 6.06. The van der Waals surface area contributed by atoms with Crippen LogP contribution in [0, 0.1) is 23.2 Å². The molecule has 0 aromatic carbocycles. The van der Waals surface area contributed by atoms with Crippen LogP contribution in [-0.2, 0) is 4.79 Å². The molecule has 2 aliphatic rings. The first-order chi connectivity index (χ1) is 8.04. The normalized spacial score (nSPS) is 35.4. The summed E-state index contributed by atoms with van der Waals surface area (Å²) >= 11 is 0. The zero-order valence-corrected chi connectivity index (χ0v) is 11.2. The van der Waals surface area contributed by atoms with Gasteiger partial charge in [0.2, 0.25) is 5.91 Å². The second-order valence-electron chi connectivity index (χ2n) is 6.52. The van der Waals surface area contributed by atoms with Crippen molar-refractivity contribution in [2.45, 2.75) is 46.0 Å². The van der Waals surface area contributed by atoms with E-state index < -0.39 is 0 Å². The van der Waals surface area contributed by atoms with Crippen molar-refractivity contribution in [3.63, 3.8) is 0 Å². The Hall–Kier alpha value is -0.570. The molecule has 0 bridgehead atoms. The highest BCUT2D eigenvalue weighted by atomic mass is 16.1. The quantitative estimate of drug-likeness (QED) is 0.786. The maximum absolute atomic E-state index is 12.1. The van der Waals surface area contributed by atoms with Crippen molar-refractivity contribution in [1.29, 1.82) is 0 Å². The van der Waals surface area contributed by atoms with Crippen LogP contribution in [-0.4, -0.2) is 19.0 Å². The van der Waals surface area contributed by atoms with E-state index >= 15 is 0 Å². The minimum absolute atomic E-state index is 0.176. The first-order valence-electron chi connectivity index (χ1n) is 7.02. The molecule has 1 amide bonds. The number of nitrogens with one attached hydrogen (secondary N) is 1. The third kappa shape index (κ3) is 3.01. The maximum Gasteiger partial charge on any atom is 0.223 e. The molecule has 0 saturated heterocycles. The molecule has 0 spiro atoms. The topological polar surface area (TPSA) is 55.1 Å². The molecule has 0 aromatic rings. The molecular weight excluding hydrogens is 212 g/mol. The summed E-state index contributed by atoms with van der Waals surface area (Å²) in [6, 6.07) is 0. The molecule has 98 valence electrons. The minimum Gasteiger partial charge on any atom is -0.356 e. The lowest BCUT2D eigenvalue weighted by atomic mass is 9.79. The summed E-state index contributed by atoms with van der Waals surface area (Å²) < 4.78 is 0. The lowest BCUT2D eigenvalue weighted by Gasteiger charge is -2.29. The van der Waals surface area contributed by atoms with Gasteiger partial charge in [0.1, 0.15) is 0 Å². The van der Waals surface area contributed by atoms with E-state index in [4.69, 9.17) is 5.73 Å². The molecule has 0 radical (unpaired) electrons. The van der Waals surface area contributed by atoms with Gasteiger partial charge in [-0.3, -0.25) is 4.79 Å². The molecule has 2 rings (SSSR count). The number of carbonyl (C=O) groups is 1. The monoisotopic (exact) mass is 238 g/mol. The van der Waals surface area contributed by atoms with E-state index in [1.807, 2.05) is 0 Å². The van der Waals surface area contributed by atoms with E-state index in [0.717, 1.165) is 19.4 Å². The Kier molecular flexibility index (Phi) is 3.76. The van der Waals surface area contributed by atoms with Crippen LogP contribution in [0.3, 0.4) is 0 Å². The number of hydrogen-bond acceptors (Lipinski definition) is 2. The van der Waals surface area contributed by atoms with Gasteiger partial charge < -0.3 is 11.1 Å². The number of carbonyl (C=O) groups excluding carboxylic acids is 1. The molecule has 0 aliphatic heterocycles. The van der Waals surface area contributed by atoms with Crippen molar-refractivity contribution in [1.82, 2.24) is 5.32 Å². The Labute approximate surface area is 105 Å². The zero-order chi connectivity index (χ0) is 12.5. The van der Waals surface area contributed by atoms with Crippen LogP contribution >= 0.6 is 0 Å². The van der Waals surface area contributed by atoms with E-state index in [-0.39, 0.29) is 11.8 Å². The van der Waals surface area contributed by atoms with Gasteiger partial charge in [-0.25, -0.2) is 0 Å². The Morgan fingerprint density at radius 3 is 2.59 bits per heavy atom. The largest absolute Gasteiger partial charge is 0.356 e. The molecule has 17 heavy (non-hydrogen) atoms. The van der Waals surface area contributed by atoms with Gasteiger partial charge in [-0.2, -0.15) is 0 Å². The fraction of sp³-hybridized carbons (Fsp3) is 0.929. The Morgan fingerprint density at radius 1 is 1.35 bits per heavy atom. The van der Waals surface area contributed by atoms with E-state index in [0.29, 0.717) is 23.8 Å². The van der Waals surface area contributed by atoms with E-state index in [2.05, 4.69) is 19.2 Å². The van der Waals surface area contributed by atoms with Crippen LogP contribution in [0.4, 0.5) is 0 Å². The van der Waals surface area contributed by atoms with E-state index in [1.54, 1.807) is 0 Å². The second-order valence-corrected chi connectivity index (χ2v) is 6.52. The Morgan fingerprint density at radius 2 is 2.00 bits per heavy atom. The van der Waals surface area contributed by atoms with Gasteiger partial charge in [0, 0.05) is 12.5 Å². The van der Waals surface area contributed by atoms with Crippen molar-refractivity contribution in [2.24, 2.45) is 28.9 Å². The van der Waals surface area contributed by atoms with Crippen LogP contribution in [0.25, 0.3) is 0 Å². The third-order valence-corrected chi connectivity index (χ3v) is 4.79. The van der Waals surface area contributed by atoms with Crippen LogP contribution in [0.15, 0.2) is 0 Å². The molecule has 2 saturated carbocycles. The summed E-state index contributed by atoms with van der Waals surface area (Å²) in [5.74, 6) is 1.53. The smallest absolute Gasteiger partial charge is 0.223 e. The molecular formula is C14H26N2O. The zero-order valence-electron chi connectivity index (χ0n) is 11.2. The van der Waals surface area contributed by atoms with Crippen LogP contribution in [0.2, 0.25) is 0 Å². The van der Waals surface area contributed by atoms with Crippen molar-refractivity contribution >= 4 is 5.91 Å². The molecule has 3 unspecified atom stereocenters. The van der Waals surface area contributed by atoms with Crippen molar-refractivity contribution in [3.8, 4) is 0 Å². The molecule has 3 nitrogen and oxygen atoms in total. The number of hydrogen-bond donors (Lipinski definition) is 2. The first-order valence-corrected chi connectivity index (χ1v) is 7.02. The van der Waals surface area contributed by atoms with E-state index in [1.165, 1.54) is 19.3 Å². The summed E-state index contributed by atoms with van der Waals surface area (Å²) in [5.41, 5.74) is 6.21. The Bertz CT molecular complexity index is 288. The summed E-state index contributed by atoms with van der Waals surface area (Å²) in [5, 5.41) is 3.14. The van der Waals surface area contributed by atoms with Crippen LogP contribution < -0.4 is 11.1 Å². The molecule has 3 N–H and O–H groups in total. The molecule has 3 atom stereocenters. The van der Waals surface area contributed by atoms with Gasteiger partial charge in [0.25, 0.3) is 0 Å². The standard InChI is InChI=1S/C14H26N2O/c1-14(2)7-11(14)9-16-13(17)12-6-4-3-5-10(12)8-15/h10-12H,3-9,15H2,1-2H3,(H,16,17). The minimum atomic E-state index is 0.176. The third-order valence-electron chi connectivity index (χ3n) is 4.79. The van der Waals surface area contributed by atoms with Crippen molar-refractivity contribution in [2.75, 3.05) is 13.1 Å². The van der Waals surface area contributed by atoms with Crippen LogP contribution in [0.5, 0.6) is 0 Å². The van der Waals surface area contributed by atoms with Crippen LogP contribution in [0.1, 0.15) is 46.0 Å². The number of rotatable bonds is 4. The van der Waals surface area contributed by atoms with Gasteiger partial charge >= 0.3 is 0 Å². The first kappa shape index (κ1) is 12.9. The van der Waals surface area contributed by atoms with Gasteiger partial charge in [-0.15, -0.1) is 0 Å². The average molecular weight is 238 g/mol. The highest BCUT2D eigenvalue weighted by Crippen LogP contribution is 2.51. The Balaban J connectivity index is 1.78. The van der Waals surface area contributed by atoms with Gasteiger partial charge in [0.15, 0.2) is 0 Å². The lowest BCUT2D eigenvalue weighted by molar-refractivity contribution is -0.127. The highest BCUT2D eigenvalue weighted by Gasteiger charge is 2.45. The molecule has 2 aliphatic carbocycles. The highest BCUT2D eigenvalue weighted by molar-refractivity contribution is 5.79.